The van der Waals surface area contributed by atoms with Crippen molar-refractivity contribution < 1.29 is 19.4 Å². The van der Waals surface area contributed by atoms with Crippen LogP contribution in [0, 0.1) is 5.92 Å². The molecule has 0 heterocycles. The number of carbonyl (C=O) groups excluding carboxylic acids is 1. The highest BCUT2D eigenvalue weighted by atomic mass is 16.5. The molecule has 0 saturated heterocycles. The molecule has 1 aliphatic carbocycles. The van der Waals surface area contributed by atoms with Crippen LogP contribution in [0.25, 0.3) is 0 Å². The smallest absolute Gasteiger partial charge is 0.407 e. The topological polar surface area (TPSA) is 102 Å². The number of allylic oxidation sites excluding steroid dienone is 3. The Morgan fingerprint density at radius 2 is 2.20 bits per heavy atom. The molecule has 6 heteroatoms. The Morgan fingerprint density at radius 3 is 2.80 bits per heavy atom. The number of rotatable bonds is 8. The van der Waals surface area contributed by atoms with E-state index in [4.69, 9.17) is 15.6 Å². The Bertz CT molecular complexity index is 379. The number of alkyl carbamates (subject to hydrolysis) is 1. The van der Waals surface area contributed by atoms with E-state index < -0.39 is 18.1 Å². The van der Waals surface area contributed by atoms with Gasteiger partial charge in [0.15, 0.2) is 0 Å². The third-order valence-electron chi connectivity index (χ3n) is 3.03. The summed E-state index contributed by atoms with van der Waals surface area (Å²) in [6.07, 6.45) is 9.69. The van der Waals surface area contributed by atoms with Gasteiger partial charge in [-0.05, 0) is 32.2 Å². The second-order valence-corrected chi connectivity index (χ2v) is 4.73. The largest absolute Gasteiger partial charge is 0.480 e. The van der Waals surface area contributed by atoms with Crippen LogP contribution in [0.5, 0.6) is 0 Å². The van der Waals surface area contributed by atoms with Crippen LogP contribution in [0.2, 0.25) is 0 Å². The normalized spacial score (nSPS) is 18.6. The highest BCUT2D eigenvalue weighted by molar-refractivity contribution is 5.79. The molecule has 4 N–H and O–H groups in total. The summed E-state index contributed by atoms with van der Waals surface area (Å²) in [5.41, 5.74) is 5.35. The molecule has 1 amide bonds. The fourth-order valence-electron chi connectivity index (χ4n) is 1.87. The lowest BCUT2D eigenvalue weighted by Crippen LogP contribution is -2.41. The first-order valence-corrected chi connectivity index (χ1v) is 6.83. The summed E-state index contributed by atoms with van der Waals surface area (Å²) in [6, 6.07) is -0.921. The minimum atomic E-state index is -1.06. The summed E-state index contributed by atoms with van der Waals surface area (Å²) in [5, 5.41) is 11.4. The molecule has 1 rings (SSSR count). The van der Waals surface area contributed by atoms with Crippen LogP contribution in [-0.2, 0) is 9.53 Å². The van der Waals surface area contributed by atoms with Gasteiger partial charge in [-0.3, -0.25) is 0 Å². The molecular weight excluding hydrogens is 260 g/mol. The lowest BCUT2D eigenvalue weighted by Gasteiger charge is -2.17. The fourth-order valence-corrected chi connectivity index (χ4v) is 1.87. The molecule has 2 unspecified atom stereocenters. The van der Waals surface area contributed by atoms with Crippen LogP contribution in [0.1, 0.15) is 25.7 Å². The summed E-state index contributed by atoms with van der Waals surface area (Å²) in [6.45, 7) is 0.764. The zero-order valence-electron chi connectivity index (χ0n) is 11.5. The van der Waals surface area contributed by atoms with Crippen molar-refractivity contribution in [2.45, 2.75) is 31.7 Å². The molecule has 0 spiro atoms. The average Bonchev–Trinajstić information content (AvgIpc) is 2.45. The molecule has 0 aromatic carbocycles. The standard InChI is InChI=1S/C14H22N2O4/c15-9-5-4-8-12(13(17)18)16-14(19)20-10-11-6-2-1-3-7-11/h1-3,6,11-12H,4-5,7-10,15H2,(H,16,19)(H,17,18). The zero-order valence-corrected chi connectivity index (χ0v) is 11.5. The molecule has 0 bridgehead atoms. The second kappa shape index (κ2) is 9.14. The minimum Gasteiger partial charge on any atom is -0.480 e. The van der Waals surface area contributed by atoms with Crippen LogP contribution < -0.4 is 11.1 Å². The molecule has 20 heavy (non-hydrogen) atoms. The van der Waals surface area contributed by atoms with Gasteiger partial charge in [0, 0.05) is 5.92 Å². The van der Waals surface area contributed by atoms with Crippen molar-refractivity contribution in [1.82, 2.24) is 5.32 Å². The Balaban J connectivity index is 2.28. The van der Waals surface area contributed by atoms with Gasteiger partial charge in [-0.15, -0.1) is 0 Å². The van der Waals surface area contributed by atoms with Crippen LogP contribution in [0.15, 0.2) is 24.3 Å². The van der Waals surface area contributed by atoms with E-state index in [-0.39, 0.29) is 12.5 Å². The Labute approximate surface area is 118 Å². The van der Waals surface area contributed by atoms with Crippen molar-refractivity contribution in [3.05, 3.63) is 24.3 Å². The van der Waals surface area contributed by atoms with Gasteiger partial charge in [0.1, 0.15) is 6.04 Å². The molecule has 0 radical (unpaired) electrons. The quantitative estimate of drug-likeness (QED) is 0.584. The number of nitrogens with two attached hydrogens (primary N) is 1. The van der Waals surface area contributed by atoms with Crippen molar-refractivity contribution >= 4 is 12.1 Å². The zero-order chi connectivity index (χ0) is 14.8. The SMILES string of the molecule is NCCCCC(NC(=O)OCC1C=CC=CC1)C(=O)O. The van der Waals surface area contributed by atoms with Gasteiger partial charge in [-0.25, -0.2) is 9.59 Å². The van der Waals surface area contributed by atoms with Gasteiger partial charge in [0.05, 0.1) is 6.61 Å². The Kier molecular flexibility index (Phi) is 7.42. The van der Waals surface area contributed by atoms with Crippen LogP contribution in [-0.4, -0.2) is 36.4 Å². The molecule has 0 fully saturated rings. The van der Waals surface area contributed by atoms with Gasteiger partial charge in [-0.1, -0.05) is 24.3 Å². The minimum absolute atomic E-state index is 0.159. The van der Waals surface area contributed by atoms with E-state index in [9.17, 15) is 9.59 Å². The number of carboxylic acids is 1. The highest BCUT2D eigenvalue weighted by Crippen LogP contribution is 2.11. The van der Waals surface area contributed by atoms with E-state index in [2.05, 4.69) is 5.32 Å². The molecule has 0 aromatic rings. The fraction of sp³-hybridized carbons (Fsp3) is 0.571. The molecule has 0 saturated carbocycles. The number of aliphatic carboxylic acids is 1. The number of carboxylic acid groups (broad SMARTS) is 1. The van der Waals surface area contributed by atoms with E-state index in [0.717, 1.165) is 12.8 Å². The molecule has 2 atom stereocenters. The van der Waals surface area contributed by atoms with Gasteiger partial charge >= 0.3 is 12.1 Å². The maximum atomic E-state index is 11.6. The van der Waals surface area contributed by atoms with Gasteiger partial charge in [-0.2, -0.15) is 0 Å². The first-order valence-electron chi connectivity index (χ1n) is 6.83. The monoisotopic (exact) mass is 282 g/mol. The van der Waals surface area contributed by atoms with E-state index in [1.807, 2.05) is 24.3 Å². The summed E-state index contributed by atoms with van der Waals surface area (Å²) in [4.78, 5) is 22.6. The molecule has 6 nitrogen and oxygen atoms in total. The first kappa shape index (κ1) is 16.2. The van der Waals surface area contributed by atoms with Crippen LogP contribution in [0.3, 0.4) is 0 Å². The predicted octanol–water partition coefficient (Wildman–Crippen LogP) is 1.43. The second-order valence-electron chi connectivity index (χ2n) is 4.73. The number of ether oxygens (including phenoxy) is 1. The maximum absolute atomic E-state index is 11.6. The van der Waals surface area contributed by atoms with E-state index in [0.29, 0.717) is 19.4 Å². The van der Waals surface area contributed by atoms with Crippen molar-refractivity contribution in [2.75, 3.05) is 13.2 Å². The summed E-state index contributed by atoms with van der Waals surface area (Å²) in [5.74, 6) is -0.897. The number of hydrogen-bond acceptors (Lipinski definition) is 4. The van der Waals surface area contributed by atoms with E-state index in [1.54, 1.807) is 0 Å². The van der Waals surface area contributed by atoms with Crippen LogP contribution >= 0.6 is 0 Å². The van der Waals surface area contributed by atoms with E-state index >= 15 is 0 Å². The van der Waals surface area contributed by atoms with Crippen LogP contribution in [0.4, 0.5) is 4.79 Å². The summed E-state index contributed by atoms with van der Waals surface area (Å²) in [7, 11) is 0. The third kappa shape index (κ3) is 6.38. The predicted molar refractivity (Wildman–Crippen MR) is 75.2 cm³/mol. The van der Waals surface area contributed by atoms with Crippen molar-refractivity contribution in [1.29, 1.82) is 0 Å². The Morgan fingerprint density at radius 1 is 1.40 bits per heavy atom. The maximum Gasteiger partial charge on any atom is 0.407 e. The third-order valence-corrected chi connectivity index (χ3v) is 3.03. The van der Waals surface area contributed by atoms with Gasteiger partial charge < -0.3 is 20.9 Å². The molecule has 0 aliphatic heterocycles. The van der Waals surface area contributed by atoms with Gasteiger partial charge in [0.25, 0.3) is 0 Å². The van der Waals surface area contributed by atoms with E-state index in [1.165, 1.54) is 0 Å². The summed E-state index contributed by atoms with van der Waals surface area (Å²) >= 11 is 0. The Hall–Kier alpha value is -1.82. The first-order chi connectivity index (χ1) is 9.63. The number of carbonyl (C=O) groups is 2. The number of nitrogens with one attached hydrogen (secondary N) is 1. The molecule has 1 aliphatic rings. The number of unbranched alkanes of at least 4 members (excludes halogenated alkanes) is 1. The van der Waals surface area contributed by atoms with Crippen molar-refractivity contribution in [3.63, 3.8) is 0 Å². The number of amides is 1. The molecule has 0 aromatic heterocycles. The van der Waals surface area contributed by atoms with Gasteiger partial charge in [0.2, 0.25) is 0 Å². The van der Waals surface area contributed by atoms with Crippen molar-refractivity contribution in [2.24, 2.45) is 11.7 Å². The summed E-state index contributed by atoms with van der Waals surface area (Å²) < 4.78 is 5.05. The number of hydrogen-bond donors (Lipinski definition) is 3. The molecule has 112 valence electrons. The average molecular weight is 282 g/mol. The molecular formula is C14H22N2O4. The lowest BCUT2D eigenvalue weighted by atomic mass is 10.0. The highest BCUT2D eigenvalue weighted by Gasteiger charge is 2.20. The lowest BCUT2D eigenvalue weighted by molar-refractivity contribution is -0.139. The van der Waals surface area contributed by atoms with Crippen molar-refractivity contribution in [3.8, 4) is 0 Å².